The maximum absolute atomic E-state index is 14.2. The standard InChI is InChI=1S/C33H33NO4P/c1-3-24-38-34(27(2)33(36)37-25-28-16-8-4-9-17-28)32(35)26-39(29-18-10-5-11-19-29,30-20-12-6-13-21-30)31-22-14-7-15-23-31/h3-23,27H,1,24-26H2,2H3/q+1. The Morgan fingerprint density at radius 2 is 1.21 bits per heavy atom. The van der Waals surface area contributed by atoms with Crippen molar-refractivity contribution in [3.63, 3.8) is 0 Å². The molecule has 0 N–H and O–H groups in total. The van der Waals surface area contributed by atoms with Crippen molar-refractivity contribution in [2.45, 2.75) is 19.6 Å². The van der Waals surface area contributed by atoms with Gasteiger partial charge in [-0.05, 0) is 48.9 Å². The van der Waals surface area contributed by atoms with Crippen LogP contribution in [0.3, 0.4) is 0 Å². The number of nitrogens with zero attached hydrogens (tertiary/aromatic N) is 1. The van der Waals surface area contributed by atoms with Gasteiger partial charge in [-0.3, -0.25) is 9.63 Å². The second kappa shape index (κ2) is 13.7. The Labute approximate surface area is 231 Å². The number of carbonyl (C=O) groups excluding carboxylic acids is 2. The molecule has 0 aliphatic carbocycles. The third-order valence-corrected chi connectivity index (χ3v) is 10.7. The molecule has 4 aromatic rings. The Bertz CT molecular complexity index is 1250. The Hall–Kier alpha value is -4.05. The molecule has 0 aromatic heterocycles. The number of rotatable bonds is 12. The van der Waals surface area contributed by atoms with E-state index in [9.17, 15) is 9.59 Å². The molecule has 0 saturated carbocycles. The lowest BCUT2D eigenvalue weighted by Gasteiger charge is -2.31. The van der Waals surface area contributed by atoms with Crippen LogP contribution in [0.15, 0.2) is 134 Å². The first-order valence-corrected chi connectivity index (χ1v) is 14.8. The Morgan fingerprint density at radius 3 is 1.64 bits per heavy atom. The van der Waals surface area contributed by atoms with Crippen molar-refractivity contribution in [1.29, 1.82) is 0 Å². The average molecular weight is 539 g/mol. The van der Waals surface area contributed by atoms with E-state index in [2.05, 4.69) is 43.0 Å². The molecular formula is C33H33NO4P+. The molecule has 5 nitrogen and oxygen atoms in total. The summed E-state index contributed by atoms with van der Waals surface area (Å²) in [5, 5.41) is 4.37. The third-order valence-electron chi connectivity index (χ3n) is 6.46. The second-order valence-electron chi connectivity index (χ2n) is 9.05. The number of carbonyl (C=O) groups is 2. The minimum Gasteiger partial charge on any atom is -0.459 e. The van der Waals surface area contributed by atoms with Gasteiger partial charge in [0.25, 0.3) is 5.91 Å². The molecule has 39 heavy (non-hydrogen) atoms. The summed E-state index contributed by atoms with van der Waals surface area (Å²) < 4.78 is 5.56. The molecule has 1 amide bonds. The van der Waals surface area contributed by atoms with Crippen LogP contribution in [0.1, 0.15) is 12.5 Å². The predicted octanol–water partition coefficient (Wildman–Crippen LogP) is 5.06. The highest BCUT2D eigenvalue weighted by molar-refractivity contribution is 7.96. The van der Waals surface area contributed by atoms with E-state index in [0.29, 0.717) is 0 Å². The smallest absolute Gasteiger partial charge is 0.331 e. The molecule has 0 heterocycles. The van der Waals surface area contributed by atoms with E-state index in [0.717, 1.165) is 21.5 Å². The van der Waals surface area contributed by atoms with Gasteiger partial charge in [-0.25, -0.2) is 9.86 Å². The minimum atomic E-state index is -2.48. The van der Waals surface area contributed by atoms with Crippen LogP contribution in [-0.2, 0) is 25.8 Å². The zero-order valence-corrected chi connectivity index (χ0v) is 23.0. The minimum absolute atomic E-state index is 0.0789. The van der Waals surface area contributed by atoms with Crippen LogP contribution < -0.4 is 15.9 Å². The zero-order valence-electron chi connectivity index (χ0n) is 22.1. The fraction of sp³-hybridized carbons (Fsp3) is 0.152. The van der Waals surface area contributed by atoms with Gasteiger partial charge >= 0.3 is 5.97 Å². The first-order chi connectivity index (χ1) is 19.1. The van der Waals surface area contributed by atoms with Crippen LogP contribution in [0.5, 0.6) is 0 Å². The monoisotopic (exact) mass is 538 g/mol. The number of hydrogen-bond donors (Lipinski definition) is 0. The number of benzene rings is 4. The average Bonchev–Trinajstić information content (AvgIpc) is 3.00. The first-order valence-electron chi connectivity index (χ1n) is 12.9. The summed E-state index contributed by atoms with van der Waals surface area (Å²) in [5.41, 5.74) is 0.866. The molecule has 0 aliphatic heterocycles. The van der Waals surface area contributed by atoms with Crippen molar-refractivity contribution >= 4 is 35.1 Å². The maximum atomic E-state index is 14.2. The summed E-state index contributed by atoms with van der Waals surface area (Å²) in [7, 11) is -2.48. The Morgan fingerprint density at radius 1 is 0.769 bits per heavy atom. The van der Waals surface area contributed by atoms with E-state index in [1.807, 2.05) is 84.9 Å². The van der Waals surface area contributed by atoms with Gasteiger partial charge in [0.05, 0.1) is 6.61 Å². The molecular weight excluding hydrogens is 505 g/mol. The van der Waals surface area contributed by atoms with E-state index >= 15 is 0 Å². The van der Waals surface area contributed by atoms with Gasteiger partial charge in [0.2, 0.25) is 0 Å². The highest BCUT2D eigenvalue weighted by atomic mass is 31.2. The molecule has 0 bridgehead atoms. The summed E-state index contributed by atoms with van der Waals surface area (Å²) in [5.74, 6) is -0.842. The van der Waals surface area contributed by atoms with Gasteiger partial charge in [-0.15, -0.1) is 6.58 Å². The highest BCUT2D eigenvalue weighted by Gasteiger charge is 2.49. The summed E-state index contributed by atoms with van der Waals surface area (Å²) in [6.45, 7) is 5.54. The molecule has 4 rings (SSSR count). The van der Waals surface area contributed by atoms with Crippen LogP contribution in [0.2, 0.25) is 0 Å². The number of hydrogen-bond acceptors (Lipinski definition) is 4. The van der Waals surface area contributed by atoms with Crippen LogP contribution in [0.25, 0.3) is 0 Å². The molecule has 0 spiro atoms. The molecule has 1 unspecified atom stereocenters. The van der Waals surface area contributed by atoms with Gasteiger partial charge < -0.3 is 4.74 Å². The van der Waals surface area contributed by atoms with Gasteiger partial charge in [-0.1, -0.05) is 91.0 Å². The van der Waals surface area contributed by atoms with Gasteiger partial charge in [0.1, 0.15) is 29.8 Å². The Kier molecular flexibility index (Phi) is 9.80. The van der Waals surface area contributed by atoms with Crippen molar-refractivity contribution in [2.24, 2.45) is 0 Å². The molecule has 1 atom stereocenters. The molecule has 0 aliphatic rings. The fourth-order valence-electron chi connectivity index (χ4n) is 4.52. The van der Waals surface area contributed by atoms with Gasteiger partial charge in [-0.2, -0.15) is 0 Å². The van der Waals surface area contributed by atoms with Crippen LogP contribution >= 0.6 is 7.26 Å². The first kappa shape index (κ1) is 28.0. The van der Waals surface area contributed by atoms with Crippen LogP contribution in [0, 0.1) is 0 Å². The van der Waals surface area contributed by atoms with E-state index in [-0.39, 0.29) is 25.3 Å². The predicted molar refractivity (Wildman–Crippen MR) is 159 cm³/mol. The topological polar surface area (TPSA) is 55.8 Å². The summed E-state index contributed by atoms with van der Waals surface area (Å²) in [6, 6.07) is 38.8. The lowest BCUT2D eigenvalue weighted by molar-refractivity contribution is -0.201. The summed E-state index contributed by atoms with van der Waals surface area (Å²) in [4.78, 5) is 33.1. The largest absolute Gasteiger partial charge is 0.459 e. The zero-order chi connectivity index (χ0) is 27.5. The van der Waals surface area contributed by atoms with Crippen LogP contribution in [-0.4, -0.2) is 35.8 Å². The van der Waals surface area contributed by atoms with Crippen LogP contribution in [0.4, 0.5) is 0 Å². The molecule has 0 radical (unpaired) electrons. The lowest BCUT2D eigenvalue weighted by atomic mass is 10.2. The molecule has 6 heteroatoms. The van der Waals surface area contributed by atoms with E-state index in [1.54, 1.807) is 13.0 Å². The van der Waals surface area contributed by atoms with Crippen molar-refractivity contribution in [1.82, 2.24) is 5.06 Å². The molecule has 198 valence electrons. The normalized spacial score (nSPS) is 11.8. The quantitative estimate of drug-likeness (QED) is 0.110. The maximum Gasteiger partial charge on any atom is 0.331 e. The lowest BCUT2D eigenvalue weighted by Crippen LogP contribution is -2.48. The number of esters is 1. The number of hydroxylamine groups is 2. The fourth-order valence-corrected chi connectivity index (χ4v) is 8.55. The van der Waals surface area contributed by atoms with Crippen molar-refractivity contribution in [3.05, 3.63) is 140 Å². The van der Waals surface area contributed by atoms with Gasteiger partial charge in [0.15, 0.2) is 12.2 Å². The van der Waals surface area contributed by atoms with Crippen molar-refractivity contribution in [3.8, 4) is 0 Å². The third kappa shape index (κ3) is 6.69. The summed E-state index contributed by atoms with van der Waals surface area (Å²) >= 11 is 0. The SMILES string of the molecule is C=CCON(C(=O)C[P+](c1ccccc1)(c1ccccc1)c1ccccc1)C(C)C(=O)OCc1ccccc1. The highest BCUT2D eigenvalue weighted by Crippen LogP contribution is 2.55. The van der Waals surface area contributed by atoms with Crippen molar-refractivity contribution in [2.75, 3.05) is 12.8 Å². The molecule has 4 aromatic carbocycles. The van der Waals surface area contributed by atoms with Crippen molar-refractivity contribution < 1.29 is 19.2 Å². The van der Waals surface area contributed by atoms with E-state index in [4.69, 9.17) is 9.57 Å². The molecule has 0 fully saturated rings. The number of amides is 1. The second-order valence-corrected chi connectivity index (χ2v) is 12.5. The molecule has 0 saturated heterocycles. The van der Waals surface area contributed by atoms with E-state index < -0.39 is 19.3 Å². The van der Waals surface area contributed by atoms with Gasteiger partial charge in [0, 0.05) is 0 Å². The number of ether oxygens (including phenoxy) is 1. The van der Waals surface area contributed by atoms with E-state index in [1.165, 1.54) is 5.06 Å². The Balaban J connectivity index is 1.71. The summed E-state index contributed by atoms with van der Waals surface area (Å²) in [6.07, 6.45) is 1.69.